The number of anilines is 1. The Kier molecular flexibility index (Phi) is 3.99. The van der Waals surface area contributed by atoms with Crippen LogP contribution in [-0.2, 0) is 0 Å². The van der Waals surface area contributed by atoms with E-state index in [1.54, 1.807) is 6.92 Å². The van der Waals surface area contributed by atoms with Crippen LogP contribution in [0.2, 0.25) is 5.15 Å². The summed E-state index contributed by atoms with van der Waals surface area (Å²) in [7, 11) is 0. The average molecular weight is 318 g/mol. The summed E-state index contributed by atoms with van der Waals surface area (Å²) < 4.78 is 39.6. The van der Waals surface area contributed by atoms with E-state index in [4.69, 9.17) is 16.7 Å². The Bertz CT molecular complexity index is 720. The monoisotopic (exact) mass is 317 g/mol. The Morgan fingerprint density at radius 2 is 1.90 bits per heavy atom. The first kappa shape index (κ1) is 15.0. The van der Waals surface area contributed by atoms with E-state index >= 15 is 0 Å². The predicted octanol–water partition coefficient (Wildman–Crippen LogP) is 2.81. The van der Waals surface area contributed by atoms with E-state index in [0.717, 1.165) is 0 Å². The first-order valence-electron chi connectivity index (χ1n) is 5.48. The van der Waals surface area contributed by atoms with Crippen LogP contribution in [0, 0.1) is 24.4 Å². The van der Waals surface area contributed by atoms with Crippen molar-refractivity contribution in [2.45, 2.75) is 6.92 Å². The van der Waals surface area contributed by atoms with Crippen LogP contribution in [0.25, 0.3) is 0 Å². The van der Waals surface area contributed by atoms with Gasteiger partial charge in [0.25, 0.3) is 5.91 Å². The molecule has 1 amide bonds. The molecule has 2 N–H and O–H groups in total. The minimum Gasteiger partial charge on any atom is -0.503 e. The van der Waals surface area contributed by atoms with Gasteiger partial charge in [-0.2, -0.15) is 4.39 Å². The van der Waals surface area contributed by atoms with E-state index in [1.165, 1.54) is 6.07 Å². The Hall–Kier alpha value is -2.35. The lowest BCUT2D eigenvalue weighted by molar-refractivity contribution is 0.102. The minimum absolute atomic E-state index is 0.0337. The Labute approximate surface area is 121 Å². The molecule has 1 aromatic heterocycles. The summed E-state index contributed by atoms with van der Waals surface area (Å²) >= 11 is 5.66. The highest BCUT2D eigenvalue weighted by molar-refractivity contribution is 6.29. The molecule has 0 aliphatic carbocycles. The molecule has 0 fully saturated rings. The van der Waals surface area contributed by atoms with E-state index in [0.29, 0.717) is 11.8 Å². The molecule has 0 unspecified atom stereocenters. The molecule has 0 bridgehead atoms. The van der Waals surface area contributed by atoms with Gasteiger partial charge in [-0.3, -0.25) is 10.1 Å². The largest absolute Gasteiger partial charge is 0.503 e. The molecular formula is C12H7ClF3N3O2. The molecule has 0 atom stereocenters. The fourth-order valence-electron chi connectivity index (χ4n) is 1.51. The lowest BCUT2D eigenvalue weighted by Gasteiger charge is -2.07. The Morgan fingerprint density at radius 1 is 1.24 bits per heavy atom. The van der Waals surface area contributed by atoms with Crippen molar-refractivity contribution >= 4 is 23.5 Å². The van der Waals surface area contributed by atoms with E-state index in [2.05, 4.69) is 15.3 Å². The molecule has 110 valence electrons. The van der Waals surface area contributed by atoms with Gasteiger partial charge in [0.2, 0.25) is 11.8 Å². The van der Waals surface area contributed by atoms with Crippen LogP contribution in [0.5, 0.6) is 5.75 Å². The van der Waals surface area contributed by atoms with Gasteiger partial charge < -0.3 is 5.11 Å². The summed E-state index contributed by atoms with van der Waals surface area (Å²) in [6, 6.07) is 1.73. The number of benzene rings is 1. The molecule has 0 saturated carbocycles. The second kappa shape index (κ2) is 5.57. The molecule has 2 rings (SSSR count). The number of halogens is 4. The second-order valence-corrected chi connectivity index (χ2v) is 4.38. The highest BCUT2D eigenvalue weighted by atomic mass is 35.5. The van der Waals surface area contributed by atoms with Crippen molar-refractivity contribution in [1.29, 1.82) is 0 Å². The van der Waals surface area contributed by atoms with Crippen molar-refractivity contribution in [1.82, 2.24) is 9.97 Å². The zero-order valence-electron chi connectivity index (χ0n) is 10.4. The number of carbonyl (C=O) groups is 1. The summed E-state index contributed by atoms with van der Waals surface area (Å²) in [4.78, 5) is 19.3. The molecule has 1 aromatic carbocycles. The third kappa shape index (κ3) is 3.05. The van der Waals surface area contributed by atoms with Gasteiger partial charge in [0, 0.05) is 5.69 Å². The van der Waals surface area contributed by atoms with Crippen LogP contribution in [0.1, 0.15) is 16.1 Å². The van der Waals surface area contributed by atoms with Gasteiger partial charge in [0.05, 0.1) is 5.56 Å². The lowest BCUT2D eigenvalue weighted by Crippen LogP contribution is -2.17. The standard InChI is InChI=1S/C12H7ClF3N3O2/c1-4-2-7(13)18-12(17-4)19-11(21)5-3-6(14)9(16)10(20)8(5)15/h2-3,20H,1H3,(H,17,18,19,21). The Morgan fingerprint density at radius 3 is 2.52 bits per heavy atom. The average Bonchev–Trinajstić information content (AvgIpc) is 2.39. The van der Waals surface area contributed by atoms with Gasteiger partial charge in [0.15, 0.2) is 17.4 Å². The number of hydrogen-bond donors (Lipinski definition) is 2. The molecule has 5 nitrogen and oxygen atoms in total. The quantitative estimate of drug-likeness (QED) is 0.659. The molecule has 0 aliphatic heterocycles. The van der Waals surface area contributed by atoms with Crippen molar-refractivity contribution in [3.05, 3.63) is 46.0 Å². The number of phenols is 1. The zero-order chi connectivity index (χ0) is 15.7. The van der Waals surface area contributed by atoms with E-state index in [9.17, 15) is 18.0 Å². The lowest BCUT2D eigenvalue weighted by atomic mass is 10.1. The van der Waals surface area contributed by atoms with E-state index in [-0.39, 0.29) is 11.1 Å². The van der Waals surface area contributed by atoms with Crippen LogP contribution in [-0.4, -0.2) is 21.0 Å². The molecule has 0 radical (unpaired) electrons. The van der Waals surface area contributed by atoms with Gasteiger partial charge in [-0.25, -0.2) is 18.7 Å². The third-order valence-electron chi connectivity index (χ3n) is 2.43. The third-order valence-corrected chi connectivity index (χ3v) is 2.62. The topological polar surface area (TPSA) is 75.1 Å². The maximum atomic E-state index is 13.6. The molecule has 0 aliphatic rings. The fraction of sp³-hybridized carbons (Fsp3) is 0.0833. The number of aryl methyl sites for hydroxylation is 1. The molecule has 0 spiro atoms. The highest BCUT2D eigenvalue weighted by Gasteiger charge is 2.23. The van der Waals surface area contributed by atoms with Crippen LogP contribution >= 0.6 is 11.6 Å². The summed E-state index contributed by atoms with van der Waals surface area (Å²) in [5.74, 6) is -7.92. The van der Waals surface area contributed by atoms with Crippen molar-refractivity contribution in [2.75, 3.05) is 5.32 Å². The van der Waals surface area contributed by atoms with Gasteiger partial charge >= 0.3 is 0 Å². The smallest absolute Gasteiger partial charge is 0.261 e. The van der Waals surface area contributed by atoms with Crippen molar-refractivity contribution in [2.24, 2.45) is 0 Å². The number of nitrogens with one attached hydrogen (secondary N) is 1. The van der Waals surface area contributed by atoms with Crippen LogP contribution in [0.4, 0.5) is 19.1 Å². The summed E-state index contributed by atoms with van der Waals surface area (Å²) in [5.41, 5.74) is -0.466. The molecule has 0 saturated heterocycles. The number of aromatic nitrogens is 2. The number of hydrogen-bond acceptors (Lipinski definition) is 4. The molecular weight excluding hydrogens is 311 g/mol. The van der Waals surface area contributed by atoms with Crippen molar-refractivity contribution < 1.29 is 23.1 Å². The number of rotatable bonds is 2. The van der Waals surface area contributed by atoms with Gasteiger partial charge in [-0.1, -0.05) is 11.6 Å². The number of phenolic OH excluding ortho intramolecular Hbond substituents is 1. The van der Waals surface area contributed by atoms with Gasteiger partial charge in [-0.05, 0) is 19.1 Å². The fourth-order valence-corrected chi connectivity index (χ4v) is 1.75. The highest BCUT2D eigenvalue weighted by Crippen LogP contribution is 2.26. The van der Waals surface area contributed by atoms with Gasteiger partial charge in [-0.15, -0.1) is 0 Å². The van der Waals surface area contributed by atoms with Crippen LogP contribution in [0.15, 0.2) is 12.1 Å². The Balaban J connectivity index is 2.37. The van der Waals surface area contributed by atoms with Crippen LogP contribution in [0.3, 0.4) is 0 Å². The number of amides is 1. The van der Waals surface area contributed by atoms with Crippen molar-refractivity contribution in [3.63, 3.8) is 0 Å². The molecule has 1 heterocycles. The molecule has 21 heavy (non-hydrogen) atoms. The van der Waals surface area contributed by atoms with E-state index in [1.807, 2.05) is 0 Å². The number of aromatic hydroxyl groups is 1. The normalized spacial score (nSPS) is 10.5. The zero-order valence-corrected chi connectivity index (χ0v) is 11.2. The maximum absolute atomic E-state index is 13.6. The number of nitrogens with zero attached hydrogens (tertiary/aromatic N) is 2. The summed E-state index contributed by atoms with van der Waals surface area (Å²) in [6.07, 6.45) is 0. The number of carbonyl (C=O) groups excluding carboxylic acids is 1. The first-order valence-corrected chi connectivity index (χ1v) is 5.86. The van der Waals surface area contributed by atoms with Crippen LogP contribution < -0.4 is 5.32 Å². The molecule has 2 aromatic rings. The minimum atomic E-state index is -1.78. The van der Waals surface area contributed by atoms with E-state index < -0.39 is 34.7 Å². The predicted molar refractivity (Wildman–Crippen MR) is 67.7 cm³/mol. The maximum Gasteiger partial charge on any atom is 0.261 e. The SMILES string of the molecule is Cc1cc(Cl)nc(NC(=O)c2cc(F)c(F)c(O)c2F)n1. The first-order chi connectivity index (χ1) is 9.79. The summed E-state index contributed by atoms with van der Waals surface area (Å²) in [6.45, 7) is 1.58. The van der Waals surface area contributed by atoms with Crippen molar-refractivity contribution in [3.8, 4) is 5.75 Å². The second-order valence-electron chi connectivity index (χ2n) is 3.99. The van der Waals surface area contributed by atoms with Gasteiger partial charge in [0.1, 0.15) is 5.15 Å². The molecule has 9 heteroatoms. The summed E-state index contributed by atoms with van der Waals surface area (Å²) in [5, 5.41) is 11.2.